The van der Waals surface area contributed by atoms with Gasteiger partial charge in [-0.1, -0.05) is 30.4 Å². The van der Waals surface area contributed by atoms with Crippen molar-refractivity contribution in [1.29, 1.82) is 0 Å². The van der Waals surface area contributed by atoms with Gasteiger partial charge in [-0.3, -0.25) is 9.59 Å². The van der Waals surface area contributed by atoms with Gasteiger partial charge in [-0.15, -0.1) is 5.10 Å². The van der Waals surface area contributed by atoms with Crippen LogP contribution in [0, 0.1) is 0 Å². The van der Waals surface area contributed by atoms with E-state index < -0.39 is 5.91 Å². The molecule has 158 valence electrons. The lowest BCUT2D eigenvalue weighted by Gasteiger charge is -2.04. The van der Waals surface area contributed by atoms with Crippen LogP contribution in [0.1, 0.15) is 18.9 Å². The highest BCUT2D eigenvalue weighted by Gasteiger charge is 2.12. The molecule has 9 heteroatoms. The van der Waals surface area contributed by atoms with Crippen molar-refractivity contribution in [3.05, 3.63) is 69.0 Å². The Bertz CT molecular complexity index is 1310. The molecule has 4 rings (SSSR count). The lowest BCUT2D eigenvalue weighted by molar-refractivity contribution is -0.119. The maximum Gasteiger partial charge on any atom is 0.291 e. The number of thiazole rings is 1. The fraction of sp³-hybridized carbons (Fsp3) is 0.182. The monoisotopic (exact) mass is 436 g/mol. The van der Waals surface area contributed by atoms with Gasteiger partial charge in [0, 0.05) is 5.56 Å². The first-order valence-electron chi connectivity index (χ1n) is 9.69. The van der Waals surface area contributed by atoms with Crippen LogP contribution in [0.3, 0.4) is 0 Å². The smallest absolute Gasteiger partial charge is 0.291 e. The Labute approximate surface area is 181 Å². The molecule has 0 radical (unpaired) electrons. The van der Waals surface area contributed by atoms with Crippen molar-refractivity contribution in [1.82, 2.24) is 14.6 Å². The molecule has 0 aliphatic heterocycles. The molecule has 2 aromatic heterocycles. The topological polar surface area (TPSA) is 109 Å². The summed E-state index contributed by atoms with van der Waals surface area (Å²) in [5, 5.41) is 4.37. The third kappa shape index (κ3) is 4.72. The minimum Gasteiger partial charge on any atom is -0.494 e. The van der Waals surface area contributed by atoms with Crippen LogP contribution in [-0.2, 0) is 4.79 Å². The Morgan fingerprint density at radius 3 is 2.42 bits per heavy atom. The number of fused-ring (bicyclic) bond motifs is 1. The zero-order valence-corrected chi connectivity index (χ0v) is 17.6. The minimum absolute atomic E-state index is 0.182. The number of amides is 1. The number of benzene rings is 2. The zero-order valence-electron chi connectivity index (χ0n) is 16.8. The number of nitrogens with two attached hydrogens (primary N) is 1. The second-order valence-corrected chi connectivity index (χ2v) is 7.75. The van der Waals surface area contributed by atoms with Crippen molar-refractivity contribution in [2.45, 2.75) is 13.3 Å². The van der Waals surface area contributed by atoms with Crippen molar-refractivity contribution in [3.8, 4) is 22.9 Å². The van der Waals surface area contributed by atoms with Crippen LogP contribution >= 0.6 is 11.3 Å². The predicted octanol–water partition coefficient (Wildman–Crippen LogP) is 2.02. The van der Waals surface area contributed by atoms with Crippen LogP contribution in [-0.4, -0.2) is 33.7 Å². The molecule has 0 aliphatic carbocycles. The molecule has 2 heterocycles. The van der Waals surface area contributed by atoms with Crippen molar-refractivity contribution >= 4 is 28.3 Å². The van der Waals surface area contributed by atoms with Gasteiger partial charge in [-0.2, -0.15) is 9.50 Å². The number of hydrogen-bond acceptors (Lipinski definition) is 7. The van der Waals surface area contributed by atoms with Gasteiger partial charge in [0.1, 0.15) is 11.5 Å². The van der Waals surface area contributed by atoms with Crippen LogP contribution in [0.25, 0.3) is 22.4 Å². The summed E-state index contributed by atoms with van der Waals surface area (Å²) in [6, 6.07) is 14.5. The minimum atomic E-state index is -0.541. The van der Waals surface area contributed by atoms with E-state index in [1.54, 1.807) is 30.3 Å². The lowest BCUT2D eigenvalue weighted by Crippen LogP contribution is -2.23. The molecule has 0 aliphatic rings. The van der Waals surface area contributed by atoms with Gasteiger partial charge in [-0.25, -0.2) is 0 Å². The molecule has 4 aromatic rings. The van der Waals surface area contributed by atoms with Crippen molar-refractivity contribution in [3.63, 3.8) is 0 Å². The second kappa shape index (κ2) is 8.97. The molecule has 0 unspecified atom stereocenters. The second-order valence-electron chi connectivity index (χ2n) is 6.74. The first-order chi connectivity index (χ1) is 15.0. The average Bonchev–Trinajstić information content (AvgIpc) is 3.31. The zero-order chi connectivity index (χ0) is 21.8. The number of hydrogen-bond donors (Lipinski definition) is 1. The van der Waals surface area contributed by atoms with E-state index in [4.69, 9.17) is 15.2 Å². The van der Waals surface area contributed by atoms with E-state index in [9.17, 15) is 9.59 Å². The number of rotatable bonds is 8. The first kappa shape index (κ1) is 20.5. The molecule has 0 saturated carbocycles. The van der Waals surface area contributed by atoms with Crippen LogP contribution in [0.4, 0.5) is 0 Å². The summed E-state index contributed by atoms with van der Waals surface area (Å²) in [6.45, 7) is 2.54. The number of primary amides is 1. The van der Waals surface area contributed by atoms with E-state index >= 15 is 0 Å². The highest BCUT2D eigenvalue weighted by Crippen LogP contribution is 2.20. The molecule has 0 spiro atoms. The quantitative estimate of drug-likeness (QED) is 0.453. The largest absolute Gasteiger partial charge is 0.494 e. The number of carbonyl (C=O) groups excluding carboxylic acids is 1. The van der Waals surface area contributed by atoms with Gasteiger partial charge >= 0.3 is 0 Å². The third-order valence-corrected chi connectivity index (χ3v) is 5.29. The van der Waals surface area contributed by atoms with Gasteiger partial charge in [0.25, 0.3) is 11.5 Å². The summed E-state index contributed by atoms with van der Waals surface area (Å²) in [4.78, 5) is 28.5. The van der Waals surface area contributed by atoms with Crippen LogP contribution in [0.15, 0.2) is 53.3 Å². The molecule has 0 saturated heterocycles. The van der Waals surface area contributed by atoms with Crippen LogP contribution < -0.4 is 25.3 Å². The Morgan fingerprint density at radius 2 is 1.77 bits per heavy atom. The van der Waals surface area contributed by atoms with E-state index in [1.807, 2.05) is 24.3 Å². The van der Waals surface area contributed by atoms with Gasteiger partial charge in [-0.05, 0) is 54.5 Å². The molecule has 8 nitrogen and oxygen atoms in total. The van der Waals surface area contributed by atoms with Crippen molar-refractivity contribution in [2.75, 3.05) is 13.2 Å². The van der Waals surface area contributed by atoms with Gasteiger partial charge in [0.2, 0.25) is 4.96 Å². The summed E-state index contributed by atoms with van der Waals surface area (Å²) < 4.78 is 12.7. The van der Waals surface area contributed by atoms with Gasteiger partial charge in [0.15, 0.2) is 12.4 Å². The van der Waals surface area contributed by atoms with Gasteiger partial charge in [0.05, 0.1) is 11.1 Å². The number of ether oxygens (including phenoxy) is 2. The fourth-order valence-corrected chi connectivity index (χ4v) is 3.75. The Balaban J connectivity index is 1.56. The van der Waals surface area contributed by atoms with Crippen molar-refractivity contribution in [2.24, 2.45) is 5.73 Å². The highest BCUT2D eigenvalue weighted by atomic mass is 32.1. The maximum absolute atomic E-state index is 12.7. The Morgan fingerprint density at radius 1 is 1.10 bits per heavy atom. The van der Waals surface area contributed by atoms with E-state index in [2.05, 4.69) is 17.0 Å². The standard InChI is InChI=1S/C22H20N4O4S/c1-2-11-29-16-9-5-15(6-10-16)20-24-22-26(25-20)21(28)18(31-22)12-14-3-7-17(8-4-14)30-13-19(23)27/h3-10,12H,2,11,13H2,1H3,(H2,23,27)/b18-12+. The molecular formula is C22H20N4O4S. The van der Waals surface area contributed by atoms with Crippen LogP contribution in [0.5, 0.6) is 11.5 Å². The van der Waals surface area contributed by atoms with Gasteiger partial charge < -0.3 is 15.2 Å². The van der Waals surface area contributed by atoms with E-state index in [0.29, 0.717) is 27.7 Å². The lowest BCUT2D eigenvalue weighted by atomic mass is 10.2. The molecule has 0 fully saturated rings. The molecule has 1 amide bonds. The molecular weight excluding hydrogens is 416 g/mol. The third-order valence-electron chi connectivity index (χ3n) is 4.33. The first-order valence-corrected chi connectivity index (χ1v) is 10.5. The summed E-state index contributed by atoms with van der Waals surface area (Å²) in [7, 11) is 0. The van der Waals surface area contributed by atoms with E-state index in [1.165, 1.54) is 15.9 Å². The molecule has 0 atom stereocenters. The predicted molar refractivity (Wildman–Crippen MR) is 118 cm³/mol. The fourth-order valence-electron chi connectivity index (χ4n) is 2.84. The summed E-state index contributed by atoms with van der Waals surface area (Å²) >= 11 is 1.27. The number of nitrogens with zero attached hydrogens (tertiary/aromatic N) is 3. The summed E-state index contributed by atoms with van der Waals surface area (Å²) in [5.41, 5.74) is 6.47. The number of aromatic nitrogens is 3. The number of carbonyl (C=O) groups is 1. The van der Waals surface area contributed by atoms with Crippen molar-refractivity contribution < 1.29 is 14.3 Å². The highest BCUT2D eigenvalue weighted by molar-refractivity contribution is 7.15. The van der Waals surface area contributed by atoms with Crippen LogP contribution in [0.2, 0.25) is 0 Å². The summed E-state index contributed by atoms with van der Waals surface area (Å²) in [5.74, 6) is 1.27. The molecule has 0 bridgehead atoms. The van der Waals surface area contributed by atoms with E-state index in [0.717, 1.165) is 23.3 Å². The normalized spacial score (nSPS) is 11.7. The molecule has 2 aromatic carbocycles. The molecule has 2 N–H and O–H groups in total. The summed E-state index contributed by atoms with van der Waals surface area (Å²) in [6.07, 6.45) is 2.71. The maximum atomic E-state index is 12.7. The Hall–Kier alpha value is -3.72. The Kier molecular flexibility index (Phi) is 5.94. The van der Waals surface area contributed by atoms with E-state index in [-0.39, 0.29) is 12.2 Å². The average molecular weight is 436 g/mol. The SMILES string of the molecule is CCCOc1ccc(-c2nc3s/c(=C/c4ccc(OCC(N)=O)cc4)c(=O)n3n2)cc1. The molecule has 31 heavy (non-hydrogen) atoms.